The van der Waals surface area contributed by atoms with Gasteiger partial charge in [-0.15, -0.1) is 5.10 Å². The number of aromatic nitrogens is 6. The Morgan fingerprint density at radius 3 is 2.81 bits per heavy atom. The van der Waals surface area contributed by atoms with Crippen LogP contribution in [0.4, 0.5) is 11.8 Å². The fourth-order valence-corrected chi connectivity index (χ4v) is 2.33. The van der Waals surface area contributed by atoms with Crippen molar-refractivity contribution in [1.82, 2.24) is 30.6 Å². The maximum atomic E-state index is 6.03. The summed E-state index contributed by atoms with van der Waals surface area (Å²) in [4.78, 5) is 8.23. The third-order valence-corrected chi connectivity index (χ3v) is 3.26. The van der Waals surface area contributed by atoms with Crippen LogP contribution in [0, 0.1) is 0 Å². The van der Waals surface area contributed by atoms with E-state index in [1.165, 1.54) is 0 Å². The number of H-pyrrole nitrogens is 1. The fourth-order valence-electron chi connectivity index (χ4n) is 2.33. The molecular formula is C12H10N8O. The summed E-state index contributed by atoms with van der Waals surface area (Å²) in [6, 6.07) is 5.80. The summed E-state index contributed by atoms with van der Waals surface area (Å²) in [6.07, 6.45) is 0. The lowest BCUT2D eigenvalue weighted by atomic mass is 9.98. The van der Waals surface area contributed by atoms with Gasteiger partial charge in [-0.05, 0) is 10.4 Å². The zero-order chi connectivity index (χ0) is 14.4. The van der Waals surface area contributed by atoms with Gasteiger partial charge in [-0.2, -0.15) is 4.98 Å². The lowest BCUT2D eigenvalue weighted by Gasteiger charge is -2.24. The van der Waals surface area contributed by atoms with Crippen LogP contribution in [0.3, 0.4) is 0 Å². The molecule has 0 spiro atoms. The van der Waals surface area contributed by atoms with Crippen LogP contribution >= 0.6 is 0 Å². The van der Waals surface area contributed by atoms with Crippen molar-refractivity contribution in [3.63, 3.8) is 0 Å². The van der Waals surface area contributed by atoms with Gasteiger partial charge in [0.1, 0.15) is 23.9 Å². The number of aromatic amines is 1. The van der Waals surface area contributed by atoms with E-state index in [-0.39, 0.29) is 11.8 Å². The molecule has 0 saturated carbocycles. The number of ether oxygens (including phenoxy) is 1. The Morgan fingerprint density at radius 1 is 1.19 bits per heavy atom. The monoisotopic (exact) mass is 282 g/mol. The van der Waals surface area contributed by atoms with Gasteiger partial charge >= 0.3 is 0 Å². The van der Waals surface area contributed by atoms with E-state index in [4.69, 9.17) is 16.2 Å². The second-order valence-electron chi connectivity index (χ2n) is 4.52. The number of nitrogens with one attached hydrogen (secondary N) is 1. The van der Waals surface area contributed by atoms with E-state index in [0.29, 0.717) is 23.7 Å². The number of benzene rings is 1. The number of anilines is 2. The normalized spacial score (nSPS) is 12.4. The van der Waals surface area contributed by atoms with E-state index in [1.54, 1.807) is 0 Å². The van der Waals surface area contributed by atoms with Gasteiger partial charge in [-0.3, -0.25) is 0 Å². The minimum atomic E-state index is 0.0540. The van der Waals surface area contributed by atoms with E-state index in [2.05, 4.69) is 30.6 Å². The molecular weight excluding hydrogens is 272 g/mol. The van der Waals surface area contributed by atoms with E-state index in [0.717, 1.165) is 16.9 Å². The number of nitrogen functional groups attached to an aromatic ring is 2. The zero-order valence-electron chi connectivity index (χ0n) is 10.7. The smallest absolute Gasteiger partial charge is 0.222 e. The van der Waals surface area contributed by atoms with E-state index in [1.807, 2.05) is 18.2 Å². The number of nitrogens with zero attached hydrogens (tertiary/aromatic N) is 5. The van der Waals surface area contributed by atoms with Crippen LogP contribution in [-0.4, -0.2) is 30.6 Å². The van der Waals surface area contributed by atoms with Gasteiger partial charge in [0.05, 0.1) is 5.56 Å². The quantitative estimate of drug-likeness (QED) is 0.612. The third kappa shape index (κ3) is 1.67. The molecule has 5 N–H and O–H groups in total. The van der Waals surface area contributed by atoms with Crippen LogP contribution < -0.4 is 16.2 Å². The average Bonchev–Trinajstić information content (AvgIpc) is 2.93. The molecule has 4 rings (SSSR count). The van der Waals surface area contributed by atoms with Crippen molar-refractivity contribution >= 4 is 11.8 Å². The summed E-state index contributed by atoms with van der Waals surface area (Å²) < 4.78 is 5.52. The van der Waals surface area contributed by atoms with Crippen molar-refractivity contribution in [1.29, 1.82) is 0 Å². The molecule has 1 aromatic carbocycles. The van der Waals surface area contributed by atoms with E-state index >= 15 is 0 Å². The summed E-state index contributed by atoms with van der Waals surface area (Å²) in [5.41, 5.74) is 14.6. The summed E-state index contributed by atoms with van der Waals surface area (Å²) in [5, 5.41) is 13.6. The average molecular weight is 282 g/mol. The second kappa shape index (κ2) is 4.13. The number of hydrogen-bond acceptors (Lipinski definition) is 8. The summed E-state index contributed by atoms with van der Waals surface area (Å²) in [6.45, 7) is 0.581. The highest BCUT2D eigenvalue weighted by Gasteiger charge is 2.25. The van der Waals surface area contributed by atoms with Gasteiger partial charge in [0.2, 0.25) is 5.95 Å². The highest BCUT2D eigenvalue weighted by Crippen LogP contribution is 2.43. The van der Waals surface area contributed by atoms with Crippen molar-refractivity contribution in [2.24, 2.45) is 0 Å². The first-order chi connectivity index (χ1) is 10.2. The highest BCUT2D eigenvalue weighted by atomic mass is 16.5. The Labute approximate surface area is 118 Å². The Hall–Kier alpha value is -3.23. The predicted octanol–water partition coefficient (Wildman–Crippen LogP) is 0.380. The van der Waals surface area contributed by atoms with Gasteiger partial charge in [0, 0.05) is 11.1 Å². The molecule has 0 unspecified atom stereocenters. The predicted molar refractivity (Wildman–Crippen MR) is 73.8 cm³/mol. The standard InChI is InChI=1S/C12H10N8O/c13-10-7(6-3-1-2-5-4-21-9(5)6)8(15-12(14)16-10)11-17-19-20-18-11/h1-3H,4H2,(H4,13,14,15,16)(H,17,18,19,20). The SMILES string of the molecule is Nc1nc(N)c(-c2cccc3c2OC3)c(-c2nnn[nH]2)n1. The van der Waals surface area contributed by atoms with Crippen LogP contribution in [0.25, 0.3) is 22.6 Å². The molecule has 3 heterocycles. The largest absolute Gasteiger partial charge is 0.488 e. The molecule has 3 aromatic rings. The van der Waals surface area contributed by atoms with Crippen LogP contribution in [0.15, 0.2) is 18.2 Å². The minimum Gasteiger partial charge on any atom is -0.488 e. The first-order valence-electron chi connectivity index (χ1n) is 6.16. The molecule has 0 amide bonds. The third-order valence-electron chi connectivity index (χ3n) is 3.26. The Kier molecular flexibility index (Phi) is 2.28. The molecule has 9 nitrogen and oxygen atoms in total. The molecule has 2 aromatic heterocycles. The Bertz CT molecular complexity index is 830. The maximum absolute atomic E-state index is 6.03. The Morgan fingerprint density at radius 2 is 2.10 bits per heavy atom. The molecule has 0 aliphatic carbocycles. The maximum Gasteiger partial charge on any atom is 0.222 e. The lowest BCUT2D eigenvalue weighted by Crippen LogP contribution is -2.12. The molecule has 1 aliphatic heterocycles. The second-order valence-corrected chi connectivity index (χ2v) is 4.52. The van der Waals surface area contributed by atoms with Crippen LogP contribution in [0.1, 0.15) is 5.56 Å². The van der Waals surface area contributed by atoms with Crippen LogP contribution in [-0.2, 0) is 6.61 Å². The van der Waals surface area contributed by atoms with Gasteiger partial charge < -0.3 is 16.2 Å². The molecule has 9 heteroatoms. The molecule has 0 radical (unpaired) electrons. The van der Waals surface area contributed by atoms with Gasteiger partial charge in [0.25, 0.3) is 0 Å². The van der Waals surface area contributed by atoms with Gasteiger partial charge in [-0.25, -0.2) is 10.1 Å². The molecule has 1 aliphatic rings. The zero-order valence-corrected chi connectivity index (χ0v) is 10.7. The molecule has 104 valence electrons. The van der Waals surface area contributed by atoms with E-state index < -0.39 is 0 Å². The molecule has 0 bridgehead atoms. The van der Waals surface area contributed by atoms with E-state index in [9.17, 15) is 0 Å². The summed E-state index contributed by atoms with van der Waals surface area (Å²) in [7, 11) is 0. The Balaban J connectivity index is 2.02. The number of tetrazole rings is 1. The van der Waals surface area contributed by atoms with Gasteiger partial charge in [-0.1, -0.05) is 18.2 Å². The summed E-state index contributed by atoms with van der Waals surface area (Å²) in [5.74, 6) is 1.44. The van der Waals surface area contributed by atoms with Crippen molar-refractivity contribution in [3.05, 3.63) is 23.8 Å². The highest BCUT2D eigenvalue weighted by molar-refractivity contribution is 5.89. The van der Waals surface area contributed by atoms with Gasteiger partial charge in [0.15, 0.2) is 5.82 Å². The van der Waals surface area contributed by atoms with Crippen molar-refractivity contribution in [3.8, 4) is 28.4 Å². The number of hydrogen-bond donors (Lipinski definition) is 3. The van der Waals surface area contributed by atoms with Crippen molar-refractivity contribution in [2.75, 3.05) is 11.5 Å². The van der Waals surface area contributed by atoms with Crippen LogP contribution in [0.2, 0.25) is 0 Å². The van der Waals surface area contributed by atoms with Crippen molar-refractivity contribution < 1.29 is 4.74 Å². The molecule has 0 fully saturated rings. The molecule has 0 saturated heterocycles. The van der Waals surface area contributed by atoms with Crippen LogP contribution in [0.5, 0.6) is 5.75 Å². The lowest BCUT2D eigenvalue weighted by molar-refractivity contribution is 0.245. The number of rotatable bonds is 2. The number of para-hydroxylation sites is 1. The summed E-state index contributed by atoms with van der Waals surface area (Å²) >= 11 is 0. The first kappa shape index (κ1) is 11.6. The fraction of sp³-hybridized carbons (Fsp3) is 0.0833. The minimum absolute atomic E-state index is 0.0540. The van der Waals surface area contributed by atoms with Crippen molar-refractivity contribution in [2.45, 2.75) is 6.61 Å². The molecule has 21 heavy (non-hydrogen) atoms. The number of nitrogens with two attached hydrogens (primary N) is 2. The molecule has 0 atom stereocenters. The number of fused-ring (bicyclic) bond motifs is 1. The topological polar surface area (TPSA) is 142 Å². The first-order valence-corrected chi connectivity index (χ1v) is 6.16.